The summed E-state index contributed by atoms with van der Waals surface area (Å²) < 4.78 is 34.0. The summed E-state index contributed by atoms with van der Waals surface area (Å²) >= 11 is 0. The fraction of sp³-hybridized carbons (Fsp3) is 0.882. The number of rotatable bonds is 6. The van der Waals surface area contributed by atoms with Crippen molar-refractivity contribution in [2.45, 2.75) is 56.6 Å². The molecule has 8 heteroatoms. The minimum absolute atomic E-state index is 0.157. The minimum Gasteiger partial charge on any atom is -0.388 e. The maximum absolute atomic E-state index is 12.2. The number of hydrogen-bond donors (Lipinski definition) is 4. The minimum atomic E-state index is -2.95. The van der Waals surface area contributed by atoms with Gasteiger partial charge in [0.2, 0.25) is 0 Å². The van der Waals surface area contributed by atoms with Crippen LogP contribution in [0.3, 0.4) is 0 Å². The van der Waals surface area contributed by atoms with Gasteiger partial charge in [-0.25, -0.2) is 0 Å². The number of alkyl halides is 2. The quantitative estimate of drug-likeness (QED) is 0.511. The molecule has 1 heterocycles. The Hall–Kier alpha value is -0.640. The third kappa shape index (κ3) is 4.37. The lowest BCUT2D eigenvalue weighted by Crippen LogP contribution is -2.55. The third-order valence-corrected chi connectivity index (χ3v) is 5.82. The summed E-state index contributed by atoms with van der Waals surface area (Å²) in [6.45, 7) is -1.05. The SMILES string of the molecule is O[C@@H]1[C@@H](O)[C@@H](O)C(COC(F)F)=C[C@H]1NCC1CCC2(CC1)COC2. The average molecular weight is 363 g/mol. The van der Waals surface area contributed by atoms with Gasteiger partial charge in [0.1, 0.15) is 18.3 Å². The van der Waals surface area contributed by atoms with Crippen molar-refractivity contribution in [3.05, 3.63) is 11.6 Å². The van der Waals surface area contributed by atoms with Crippen molar-refractivity contribution in [3.63, 3.8) is 0 Å². The molecule has 0 aromatic rings. The second kappa shape index (κ2) is 7.94. The van der Waals surface area contributed by atoms with Gasteiger partial charge in [-0.15, -0.1) is 0 Å². The Morgan fingerprint density at radius 3 is 2.44 bits per heavy atom. The van der Waals surface area contributed by atoms with Crippen molar-refractivity contribution < 1.29 is 33.6 Å². The van der Waals surface area contributed by atoms with Gasteiger partial charge in [0, 0.05) is 5.41 Å². The van der Waals surface area contributed by atoms with E-state index in [1.54, 1.807) is 0 Å². The van der Waals surface area contributed by atoms with Gasteiger partial charge in [-0.2, -0.15) is 8.78 Å². The van der Waals surface area contributed by atoms with Gasteiger partial charge in [-0.3, -0.25) is 0 Å². The molecular formula is C17H27F2NO5. The standard InChI is InChI=1S/C17H27F2NO5/c18-16(19)25-7-11-5-12(14(22)15(23)13(11)21)20-6-10-1-3-17(4-2-10)8-24-9-17/h5,10,12-16,20-23H,1-4,6-9H2/t12-,13+,14+,15+/m1/s1. The molecule has 25 heavy (non-hydrogen) atoms. The number of aliphatic hydroxyl groups is 3. The van der Waals surface area contributed by atoms with E-state index in [4.69, 9.17) is 4.74 Å². The molecule has 0 amide bonds. The summed E-state index contributed by atoms with van der Waals surface area (Å²) in [5.74, 6) is 0.469. The Kier molecular flexibility index (Phi) is 6.07. The molecule has 3 aliphatic rings. The van der Waals surface area contributed by atoms with Crippen LogP contribution in [0.4, 0.5) is 8.78 Å². The molecule has 0 aromatic carbocycles. The third-order valence-electron chi connectivity index (χ3n) is 5.82. The summed E-state index contributed by atoms with van der Waals surface area (Å²) in [5, 5.41) is 33.2. The molecule has 1 spiro atoms. The van der Waals surface area contributed by atoms with Crippen molar-refractivity contribution >= 4 is 0 Å². The van der Waals surface area contributed by atoms with Crippen LogP contribution in [-0.4, -0.2) is 72.7 Å². The molecule has 0 aromatic heterocycles. The Bertz CT molecular complexity index is 476. The molecule has 2 aliphatic carbocycles. The van der Waals surface area contributed by atoms with E-state index in [9.17, 15) is 24.1 Å². The molecule has 0 radical (unpaired) electrons. The lowest BCUT2D eigenvalue weighted by molar-refractivity contribution is -0.136. The maximum Gasteiger partial charge on any atom is 0.345 e. The highest BCUT2D eigenvalue weighted by Crippen LogP contribution is 2.44. The Balaban J connectivity index is 1.52. The topological polar surface area (TPSA) is 91.2 Å². The monoisotopic (exact) mass is 363 g/mol. The van der Waals surface area contributed by atoms with E-state index in [2.05, 4.69) is 10.1 Å². The highest BCUT2D eigenvalue weighted by molar-refractivity contribution is 5.22. The number of aliphatic hydroxyl groups excluding tert-OH is 3. The predicted octanol–water partition coefficient (Wildman–Crippen LogP) is 0.413. The molecular weight excluding hydrogens is 336 g/mol. The van der Waals surface area contributed by atoms with Gasteiger partial charge in [0.25, 0.3) is 0 Å². The number of hydrogen-bond acceptors (Lipinski definition) is 6. The first-order chi connectivity index (χ1) is 11.9. The van der Waals surface area contributed by atoms with Crippen LogP contribution >= 0.6 is 0 Å². The largest absolute Gasteiger partial charge is 0.388 e. The van der Waals surface area contributed by atoms with Gasteiger partial charge in [-0.05, 0) is 43.7 Å². The number of ether oxygens (including phenoxy) is 2. The van der Waals surface area contributed by atoms with Crippen molar-refractivity contribution in [2.24, 2.45) is 11.3 Å². The second-order valence-electron chi connectivity index (χ2n) is 7.61. The predicted molar refractivity (Wildman–Crippen MR) is 85.1 cm³/mol. The molecule has 4 atom stereocenters. The zero-order chi connectivity index (χ0) is 18.0. The summed E-state index contributed by atoms with van der Waals surface area (Å²) in [6, 6.07) is -0.599. The van der Waals surface area contributed by atoms with Gasteiger partial charge in [0.15, 0.2) is 0 Å². The van der Waals surface area contributed by atoms with Crippen LogP contribution in [0.5, 0.6) is 0 Å². The molecule has 144 valence electrons. The first-order valence-electron chi connectivity index (χ1n) is 8.86. The first kappa shape index (κ1) is 19.1. The van der Waals surface area contributed by atoms with E-state index >= 15 is 0 Å². The fourth-order valence-electron chi connectivity index (χ4n) is 3.99. The number of nitrogens with one attached hydrogen (secondary N) is 1. The van der Waals surface area contributed by atoms with Crippen LogP contribution in [0, 0.1) is 11.3 Å². The van der Waals surface area contributed by atoms with E-state index in [1.807, 2.05) is 0 Å². The molecule has 0 bridgehead atoms. The molecule has 4 N–H and O–H groups in total. The van der Waals surface area contributed by atoms with Crippen molar-refractivity contribution in [3.8, 4) is 0 Å². The van der Waals surface area contributed by atoms with E-state index in [1.165, 1.54) is 6.08 Å². The highest BCUT2D eigenvalue weighted by Gasteiger charge is 2.42. The van der Waals surface area contributed by atoms with Crippen LogP contribution in [-0.2, 0) is 9.47 Å². The summed E-state index contributed by atoms with van der Waals surface area (Å²) in [6.07, 6.45) is 1.90. The smallest absolute Gasteiger partial charge is 0.345 e. The Morgan fingerprint density at radius 1 is 1.20 bits per heavy atom. The lowest BCUT2D eigenvalue weighted by Gasteiger charge is -2.46. The van der Waals surface area contributed by atoms with Gasteiger partial charge < -0.3 is 30.1 Å². The lowest BCUT2D eigenvalue weighted by atomic mass is 9.69. The van der Waals surface area contributed by atoms with E-state index in [0.29, 0.717) is 17.9 Å². The Morgan fingerprint density at radius 2 is 1.88 bits per heavy atom. The molecule has 1 aliphatic heterocycles. The van der Waals surface area contributed by atoms with E-state index in [-0.39, 0.29) is 5.57 Å². The van der Waals surface area contributed by atoms with Crippen molar-refractivity contribution in [1.82, 2.24) is 5.32 Å². The van der Waals surface area contributed by atoms with Crippen molar-refractivity contribution in [1.29, 1.82) is 0 Å². The van der Waals surface area contributed by atoms with Gasteiger partial charge in [-0.1, -0.05) is 6.08 Å². The zero-order valence-electron chi connectivity index (χ0n) is 14.1. The van der Waals surface area contributed by atoms with Crippen LogP contribution < -0.4 is 5.32 Å². The number of halogens is 2. The van der Waals surface area contributed by atoms with Gasteiger partial charge in [0.05, 0.1) is 25.9 Å². The van der Waals surface area contributed by atoms with Crippen LogP contribution in [0.1, 0.15) is 25.7 Å². The highest BCUT2D eigenvalue weighted by atomic mass is 19.3. The van der Waals surface area contributed by atoms with Crippen LogP contribution in [0.15, 0.2) is 11.6 Å². The molecule has 1 saturated heterocycles. The summed E-state index contributed by atoms with van der Waals surface area (Å²) in [5.41, 5.74) is 0.533. The zero-order valence-corrected chi connectivity index (χ0v) is 14.1. The van der Waals surface area contributed by atoms with E-state index < -0.39 is 37.6 Å². The van der Waals surface area contributed by atoms with E-state index in [0.717, 1.165) is 38.9 Å². The van der Waals surface area contributed by atoms with Crippen molar-refractivity contribution in [2.75, 3.05) is 26.4 Å². The molecule has 1 saturated carbocycles. The van der Waals surface area contributed by atoms with Crippen LogP contribution in [0.2, 0.25) is 0 Å². The fourth-order valence-corrected chi connectivity index (χ4v) is 3.99. The summed E-state index contributed by atoms with van der Waals surface area (Å²) in [7, 11) is 0. The summed E-state index contributed by atoms with van der Waals surface area (Å²) in [4.78, 5) is 0. The molecule has 2 fully saturated rings. The molecule has 0 unspecified atom stereocenters. The average Bonchev–Trinajstić information content (AvgIpc) is 2.57. The molecule has 6 nitrogen and oxygen atoms in total. The Labute approximate surface area is 145 Å². The van der Waals surface area contributed by atoms with Gasteiger partial charge >= 0.3 is 6.61 Å². The normalized spacial score (nSPS) is 35.7. The molecule has 3 rings (SSSR count). The second-order valence-corrected chi connectivity index (χ2v) is 7.61. The van der Waals surface area contributed by atoms with Crippen LogP contribution in [0.25, 0.3) is 0 Å². The maximum atomic E-state index is 12.2. The first-order valence-corrected chi connectivity index (χ1v) is 8.86.